The maximum absolute atomic E-state index is 13.1. The van der Waals surface area contributed by atoms with Crippen molar-refractivity contribution in [2.75, 3.05) is 6.61 Å². The second kappa shape index (κ2) is 7.80. The fourth-order valence-electron chi connectivity index (χ4n) is 3.74. The predicted molar refractivity (Wildman–Crippen MR) is 113 cm³/mol. The normalized spacial score (nSPS) is 13.3. The fraction of sp³-hybridized carbons (Fsp3) is 0.174. The van der Waals surface area contributed by atoms with Gasteiger partial charge in [0.25, 0.3) is 11.7 Å². The number of ketones is 1. The van der Waals surface area contributed by atoms with Crippen molar-refractivity contribution in [3.05, 3.63) is 81.6 Å². The minimum absolute atomic E-state index is 0.0474. The smallest absolute Gasteiger partial charge is 0.333 e. The van der Waals surface area contributed by atoms with Crippen LogP contribution in [0.2, 0.25) is 5.02 Å². The van der Waals surface area contributed by atoms with Gasteiger partial charge in [-0.2, -0.15) is 0 Å². The number of nitrogens with one attached hydrogen (secondary N) is 1. The Morgan fingerprint density at radius 2 is 1.87 bits per heavy atom. The second-order valence-electron chi connectivity index (χ2n) is 7.20. The summed E-state index contributed by atoms with van der Waals surface area (Å²) in [6.45, 7) is 4.29. The number of aromatic nitrogens is 1. The van der Waals surface area contributed by atoms with Crippen LogP contribution >= 0.6 is 11.6 Å². The SMILES string of the molecule is Cc1cccc2c(C(=O)C(=O)NC3=CC(=O)OC3)c(C)n(Cc3ccc(Cl)cc3)c12. The molecule has 30 heavy (non-hydrogen) atoms. The first kappa shape index (κ1) is 19.9. The third-order valence-electron chi connectivity index (χ3n) is 5.17. The van der Waals surface area contributed by atoms with Crippen molar-refractivity contribution in [2.45, 2.75) is 20.4 Å². The number of benzene rings is 2. The molecule has 1 aliphatic rings. The summed E-state index contributed by atoms with van der Waals surface area (Å²) in [4.78, 5) is 36.9. The Labute approximate surface area is 178 Å². The molecular formula is C23H19ClN2O4. The third-order valence-corrected chi connectivity index (χ3v) is 5.42. The van der Waals surface area contributed by atoms with Crippen LogP contribution in [0.4, 0.5) is 0 Å². The third kappa shape index (κ3) is 3.62. The number of aryl methyl sites for hydroxylation is 1. The molecule has 0 radical (unpaired) electrons. The van der Waals surface area contributed by atoms with Gasteiger partial charge in [0.15, 0.2) is 0 Å². The van der Waals surface area contributed by atoms with E-state index in [0.29, 0.717) is 28.2 Å². The Hall–Kier alpha value is -3.38. The van der Waals surface area contributed by atoms with Gasteiger partial charge in [-0.3, -0.25) is 9.59 Å². The molecule has 6 nitrogen and oxygen atoms in total. The lowest BCUT2D eigenvalue weighted by Gasteiger charge is -2.10. The number of halogens is 1. The maximum atomic E-state index is 13.1. The second-order valence-corrected chi connectivity index (χ2v) is 7.64. The highest BCUT2D eigenvalue weighted by Gasteiger charge is 2.27. The zero-order valence-electron chi connectivity index (χ0n) is 16.5. The zero-order valence-corrected chi connectivity index (χ0v) is 17.2. The van der Waals surface area contributed by atoms with Crippen LogP contribution in [0.1, 0.15) is 27.2 Å². The maximum Gasteiger partial charge on any atom is 0.333 e. The summed E-state index contributed by atoms with van der Waals surface area (Å²) in [6.07, 6.45) is 1.17. The van der Waals surface area contributed by atoms with Crippen molar-refractivity contribution in [3.63, 3.8) is 0 Å². The summed E-state index contributed by atoms with van der Waals surface area (Å²) >= 11 is 6.00. The number of para-hydroxylation sites is 1. The van der Waals surface area contributed by atoms with Crippen LogP contribution in [0.25, 0.3) is 10.9 Å². The molecule has 3 aromatic rings. The Bertz CT molecular complexity index is 1220. The van der Waals surface area contributed by atoms with E-state index in [1.807, 2.05) is 60.9 Å². The molecule has 0 aliphatic carbocycles. The minimum Gasteiger partial charge on any atom is -0.456 e. The Morgan fingerprint density at radius 3 is 2.53 bits per heavy atom. The first-order valence-electron chi connectivity index (χ1n) is 9.41. The molecule has 1 N–H and O–H groups in total. The summed E-state index contributed by atoms with van der Waals surface area (Å²) in [7, 11) is 0. The lowest BCUT2D eigenvalue weighted by Crippen LogP contribution is -2.31. The Balaban J connectivity index is 1.75. The molecule has 0 fully saturated rings. The van der Waals surface area contributed by atoms with E-state index in [9.17, 15) is 14.4 Å². The van der Waals surface area contributed by atoms with Crippen molar-refractivity contribution < 1.29 is 19.1 Å². The first-order valence-corrected chi connectivity index (χ1v) is 9.79. The molecule has 1 aromatic heterocycles. The molecule has 7 heteroatoms. The van der Waals surface area contributed by atoms with Crippen LogP contribution in [-0.4, -0.2) is 28.8 Å². The summed E-state index contributed by atoms with van der Waals surface area (Å²) in [5.41, 5.74) is 4.25. The number of hydrogen-bond acceptors (Lipinski definition) is 4. The van der Waals surface area contributed by atoms with Gasteiger partial charge in [-0.25, -0.2) is 4.79 Å². The molecule has 0 bridgehead atoms. The average Bonchev–Trinajstić information content (AvgIpc) is 3.24. The van der Waals surface area contributed by atoms with Crippen molar-refractivity contribution in [2.24, 2.45) is 0 Å². The van der Waals surface area contributed by atoms with E-state index in [1.165, 1.54) is 6.08 Å². The van der Waals surface area contributed by atoms with E-state index in [1.54, 1.807) is 0 Å². The number of fused-ring (bicyclic) bond motifs is 1. The summed E-state index contributed by atoms with van der Waals surface area (Å²) in [5.74, 6) is -1.99. The standard InChI is InChI=1S/C23H19ClN2O4/c1-13-4-3-5-18-20(22(28)23(29)25-17-10-19(27)30-12-17)14(2)26(21(13)18)11-15-6-8-16(24)9-7-15/h3-10H,11-12H2,1-2H3,(H,25,29). The number of nitrogens with zero attached hydrogens (tertiary/aromatic N) is 1. The fourth-order valence-corrected chi connectivity index (χ4v) is 3.86. The molecule has 1 amide bonds. The number of esters is 1. The van der Waals surface area contributed by atoms with E-state index in [2.05, 4.69) is 5.32 Å². The number of ether oxygens (including phenoxy) is 1. The van der Waals surface area contributed by atoms with Crippen LogP contribution in [0.5, 0.6) is 0 Å². The Morgan fingerprint density at radius 1 is 1.13 bits per heavy atom. The molecule has 4 rings (SSSR count). The molecule has 0 saturated heterocycles. The van der Waals surface area contributed by atoms with Crippen molar-refractivity contribution in [1.82, 2.24) is 9.88 Å². The number of amides is 1. The van der Waals surface area contributed by atoms with E-state index in [0.717, 1.165) is 16.6 Å². The summed E-state index contributed by atoms with van der Waals surface area (Å²) in [6, 6.07) is 13.2. The molecular weight excluding hydrogens is 404 g/mol. The van der Waals surface area contributed by atoms with Gasteiger partial charge in [0.2, 0.25) is 0 Å². The number of carbonyl (C=O) groups is 3. The van der Waals surface area contributed by atoms with Gasteiger partial charge in [-0.05, 0) is 37.1 Å². The highest BCUT2D eigenvalue weighted by molar-refractivity contribution is 6.45. The number of rotatable bonds is 5. The molecule has 2 heterocycles. The van der Waals surface area contributed by atoms with Crippen LogP contribution in [-0.2, 0) is 20.9 Å². The van der Waals surface area contributed by atoms with Gasteiger partial charge in [-0.15, -0.1) is 0 Å². The van der Waals surface area contributed by atoms with Crippen LogP contribution < -0.4 is 5.32 Å². The van der Waals surface area contributed by atoms with Crippen molar-refractivity contribution >= 4 is 40.2 Å². The molecule has 0 unspecified atom stereocenters. The van der Waals surface area contributed by atoms with Crippen LogP contribution in [0.3, 0.4) is 0 Å². The largest absolute Gasteiger partial charge is 0.456 e. The minimum atomic E-state index is -0.797. The van der Waals surface area contributed by atoms with Gasteiger partial charge in [0, 0.05) is 28.7 Å². The zero-order chi connectivity index (χ0) is 21.4. The number of hydrogen-bond donors (Lipinski definition) is 1. The Kier molecular flexibility index (Phi) is 5.18. The highest BCUT2D eigenvalue weighted by atomic mass is 35.5. The van der Waals surface area contributed by atoms with E-state index in [4.69, 9.17) is 16.3 Å². The summed E-state index contributed by atoms with van der Waals surface area (Å²) in [5, 5.41) is 3.85. The topological polar surface area (TPSA) is 77.4 Å². The van der Waals surface area contributed by atoms with E-state index in [-0.39, 0.29) is 12.3 Å². The van der Waals surface area contributed by atoms with Crippen molar-refractivity contribution in [3.8, 4) is 0 Å². The van der Waals surface area contributed by atoms with Gasteiger partial charge >= 0.3 is 5.97 Å². The van der Waals surface area contributed by atoms with Gasteiger partial charge in [-0.1, -0.05) is 41.9 Å². The molecule has 0 atom stereocenters. The number of cyclic esters (lactones) is 1. The predicted octanol–water partition coefficient (Wildman–Crippen LogP) is 3.70. The van der Waals surface area contributed by atoms with Gasteiger partial charge < -0.3 is 14.6 Å². The van der Waals surface area contributed by atoms with Gasteiger partial charge in [0.1, 0.15) is 6.61 Å². The lowest BCUT2D eigenvalue weighted by molar-refractivity contribution is -0.135. The molecule has 152 valence electrons. The number of Topliss-reactive ketones (excluding diaryl/α,β-unsaturated/α-hetero) is 1. The van der Waals surface area contributed by atoms with E-state index >= 15 is 0 Å². The monoisotopic (exact) mass is 422 g/mol. The molecule has 0 spiro atoms. The summed E-state index contributed by atoms with van der Waals surface area (Å²) < 4.78 is 6.81. The van der Waals surface area contributed by atoms with Crippen LogP contribution in [0.15, 0.2) is 54.2 Å². The lowest BCUT2D eigenvalue weighted by atomic mass is 10.0. The number of carbonyl (C=O) groups excluding carboxylic acids is 3. The molecule has 1 aliphatic heterocycles. The molecule has 2 aromatic carbocycles. The van der Waals surface area contributed by atoms with Gasteiger partial charge in [0.05, 0.1) is 16.8 Å². The highest BCUT2D eigenvalue weighted by Crippen LogP contribution is 2.30. The molecule has 0 saturated carbocycles. The average molecular weight is 423 g/mol. The van der Waals surface area contributed by atoms with Crippen molar-refractivity contribution in [1.29, 1.82) is 0 Å². The first-order chi connectivity index (χ1) is 14.3. The quantitative estimate of drug-likeness (QED) is 0.386. The van der Waals surface area contributed by atoms with Crippen LogP contribution in [0, 0.1) is 13.8 Å². The van der Waals surface area contributed by atoms with E-state index < -0.39 is 17.7 Å².